The first-order chi connectivity index (χ1) is 16.9. The first-order valence-corrected chi connectivity index (χ1v) is 11.9. The van der Waals surface area contributed by atoms with Gasteiger partial charge in [-0.2, -0.15) is 0 Å². The largest absolute Gasteiger partial charge is 0.381 e. The maximum atomic E-state index is 12.6. The number of anilines is 2. The van der Waals surface area contributed by atoms with Crippen molar-refractivity contribution in [2.75, 3.05) is 23.7 Å². The average Bonchev–Trinajstić information content (AvgIpc) is 3.29. The van der Waals surface area contributed by atoms with E-state index in [1.54, 1.807) is 11.1 Å². The number of aromatic amines is 1. The molecule has 0 aliphatic carbocycles. The number of hydrogen-bond acceptors (Lipinski definition) is 4. The van der Waals surface area contributed by atoms with E-state index < -0.39 is 0 Å². The van der Waals surface area contributed by atoms with E-state index in [9.17, 15) is 9.59 Å². The summed E-state index contributed by atoms with van der Waals surface area (Å²) < 4.78 is 0. The Morgan fingerprint density at radius 1 is 0.971 bits per heavy atom. The van der Waals surface area contributed by atoms with E-state index in [0.717, 1.165) is 33.5 Å². The van der Waals surface area contributed by atoms with Crippen LogP contribution in [0.1, 0.15) is 51.4 Å². The number of nitrogens with one attached hydrogen (secondary N) is 3. The summed E-state index contributed by atoms with van der Waals surface area (Å²) in [6.45, 7) is 9.84. The van der Waals surface area contributed by atoms with Crippen LogP contribution in [0.5, 0.6) is 0 Å². The normalized spacial score (nSPS) is 10.9. The lowest BCUT2D eigenvalue weighted by molar-refractivity contribution is 0.0768. The molecule has 7 heteroatoms. The highest BCUT2D eigenvalue weighted by Gasteiger charge is 2.15. The molecule has 0 aliphatic heterocycles. The van der Waals surface area contributed by atoms with Crippen LogP contribution in [0.3, 0.4) is 0 Å². The van der Waals surface area contributed by atoms with Gasteiger partial charge >= 0.3 is 0 Å². The van der Waals surface area contributed by atoms with Gasteiger partial charge in [0.15, 0.2) is 0 Å². The number of fused-ring (bicyclic) bond motifs is 1. The Hall–Kier alpha value is -4.13. The fourth-order valence-corrected chi connectivity index (χ4v) is 3.95. The minimum Gasteiger partial charge on any atom is -0.381 e. The standard InChI is InChI=1S/C28H31N5O2/c1-5-33(6-2)28(35)25-14-22-13-20(17-30-26(22)32-25)16-29-24-15-23(12-9-19(24)4)31-27(34)21-10-7-18(3)8-11-21/h7-15,17,29H,5-6,16H2,1-4H3,(H,30,32)(H,31,34). The predicted octanol–water partition coefficient (Wildman–Crippen LogP) is 5.53. The minimum atomic E-state index is -0.142. The number of hydrogen-bond donors (Lipinski definition) is 3. The second-order valence-electron chi connectivity index (χ2n) is 8.65. The van der Waals surface area contributed by atoms with Crippen LogP contribution in [0, 0.1) is 13.8 Å². The zero-order chi connectivity index (χ0) is 24.9. The van der Waals surface area contributed by atoms with Crippen molar-refractivity contribution < 1.29 is 9.59 Å². The van der Waals surface area contributed by atoms with E-state index in [1.807, 2.05) is 82.3 Å². The molecule has 0 radical (unpaired) electrons. The Balaban J connectivity index is 1.46. The van der Waals surface area contributed by atoms with Gasteiger partial charge in [0.2, 0.25) is 0 Å². The summed E-state index contributed by atoms with van der Waals surface area (Å²) in [6.07, 6.45) is 1.80. The zero-order valence-corrected chi connectivity index (χ0v) is 20.6. The fourth-order valence-electron chi connectivity index (χ4n) is 3.95. The number of pyridine rings is 1. The molecule has 0 saturated heterocycles. The van der Waals surface area contributed by atoms with Crippen molar-refractivity contribution in [2.45, 2.75) is 34.2 Å². The van der Waals surface area contributed by atoms with Gasteiger partial charge in [0.25, 0.3) is 11.8 Å². The Kier molecular flexibility index (Phi) is 7.15. The highest BCUT2D eigenvalue weighted by Crippen LogP contribution is 2.23. The van der Waals surface area contributed by atoms with Crippen molar-refractivity contribution >= 4 is 34.2 Å². The summed E-state index contributed by atoms with van der Waals surface area (Å²) in [5, 5.41) is 7.31. The molecule has 3 N–H and O–H groups in total. The number of nitrogens with zero attached hydrogens (tertiary/aromatic N) is 2. The lowest BCUT2D eigenvalue weighted by Crippen LogP contribution is -2.30. The van der Waals surface area contributed by atoms with Crippen molar-refractivity contribution in [2.24, 2.45) is 0 Å². The molecule has 2 amide bonds. The van der Waals surface area contributed by atoms with Crippen LogP contribution in [0.4, 0.5) is 11.4 Å². The molecule has 2 aromatic carbocycles. The van der Waals surface area contributed by atoms with E-state index in [1.165, 1.54) is 0 Å². The van der Waals surface area contributed by atoms with E-state index in [-0.39, 0.29) is 11.8 Å². The number of carbonyl (C=O) groups excluding carboxylic acids is 2. The number of benzene rings is 2. The van der Waals surface area contributed by atoms with Crippen LogP contribution in [-0.2, 0) is 6.54 Å². The van der Waals surface area contributed by atoms with Gasteiger partial charge in [-0.3, -0.25) is 9.59 Å². The molecule has 2 aromatic heterocycles. The maximum Gasteiger partial charge on any atom is 0.270 e. The third kappa shape index (κ3) is 5.51. The Morgan fingerprint density at radius 3 is 2.43 bits per heavy atom. The third-order valence-electron chi connectivity index (χ3n) is 6.10. The van der Waals surface area contributed by atoms with Crippen molar-refractivity contribution in [3.63, 3.8) is 0 Å². The number of aromatic nitrogens is 2. The van der Waals surface area contributed by atoms with Gasteiger partial charge in [-0.05, 0) is 75.2 Å². The molecule has 0 aliphatic rings. The van der Waals surface area contributed by atoms with E-state index in [4.69, 9.17) is 0 Å². The van der Waals surface area contributed by atoms with Crippen LogP contribution >= 0.6 is 0 Å². The second-order valence-corrected chi connectivity index (χ2v) is 8.65. The summed E-state index contributed by atoms with van der Waals surface area (Å²) in [5.74, 6) is -0.162. The highest BCUT2D eigenvalue weighted by atomic mass is 16.2. The van der Waals surface area contributed by atoms with Gasteiger partial charge in [-0.1, -0.05) is 23.8 Å². The van der Waals surface area contributed by atoms with Crippen molar-refractivity contribution in [3.8, 4) is 0 Å². The van der Waals surface area contributed by atoms with Crippen LogP contribution in [0.2, 0.25) is 0 Å². The first-order valence-electron chi connectivity index (χ1n) is 11.9. The summed E-state index contributed by atoms with van der Waals surface area (Å²) in [4.78, 5) is 34.6. The summed E-state index contributed by atoms with van der Waals surface area (Å²) in [7, 11) is 0. The zero-order valence-electron chi connectivity index (χ0n) is 20.6. The predicted molar refractivity (Wildman–Crippen MR) is 141 cm³/mol. The number of aryl methyl sites for hydroxylation is 2. The maximum absolute atomic E-state index is 12.6. The third-order valence-corrected chi connectivity index (χ3v) is 6.10. The topological polar surface area (TPSA) is 90.1 Å². The van der Waals surface area contributed by atoms with Gasteiger partial charge in [-0.25, -0.2) is 4.98 Å². The quantitative estimate of drug-likeness (QED) is 0.317. The molecular weight excluding hydrogens is 438 g/mol. The van der Waals surface area contributed by atoms with Crippen LogP contribution in [0.25, 0.3) is 11.0 Å². The lowest BCUT2D eigenvalue weighted by atomic mass is 10.1. The number of rotatable bonds is 8. The molecule has 0 spiro atoms. The number of H-pyrrole nitrogens is 1. The highest BCUT2D eigenvalue weighted by molar-refractivity contribution is 6.04. The Bertz CT molecular complexity index is 1350. The number of carbonyl (C=O) groups is 2. The summed E-state index contributed by atoms with van der Waals surface area (Å²) in [5.41, 5.74) is 6.70. The van der Waals surface area contributed by atoms with Crippen molar-refractivity contribution in [1.82, 2.24) is 14.9 Å². The fraction of sp³-hybridized carbons (Fsp3) is 0.250. The molecule has 4 aromatic rings. The molecule has 35 heavy (non-hydrogen) atoms. The molecule has 0 unspecified atom stereocenters. The number of amides is 2. The van der Waals surface area contributed by atoms with Gasteiger partial charge < -0.3 is 20.5 Å². The molecule has 0 saturated carbocycles. The van der Waals surface area contributed by atoms with Crippen molar-refractivity contribution in [1.29, 1.82) is 0 Å². The minimum absolute atomic E-state index is 0.0206. The summed E-state index contributed by atoms with van der Waals surface area (Å²) in [6, 6.07) is 17.2. The first kappa shape index (κ1) is 24.0. The molecule has 0 fully saturated rings. The molecule has 2 heterocycles. The average molecular weight is 470 g/mol. The van der Waals surface area contributed by atoms with Crippen LogP contribution in [0.15, 0.2) is 60.8 Å². The molecular formula is C28H31N5O2. The van der Waals surface area contributed by atoms with Gasteiger partial charge in [0, 0.05) is 48.2 Å². The Morgan fingerprint density at radius 2 is 1.71 bits per heavy atom. The molecule has 7 nitrogen and oxygen atoms in total. The van der Waals surface area contributed by atoms with Crippen LogP contribution in [-0.4, -0.2) is 39.8 Å². The smallest absolute Gasteiger partial charge is 0.270 e. The lowest BCUT2D eigenvalue weighted by Gasteiger charge is -2.17. The monoisotopic (exact) mass is 469 g/mol. The van der Waals surface area contributed by atoms with Crippen LogP contribution < -0.4 is 10.6 Å². The molecule has 0 bridgehead atoms. The van der Waals surface area contributed by atoms with E-state index >= 15 is 0 Å². The molecule has 4 rings (SSSR count). The second kappa shape index (κ2) is 10.4. The molecule has 180 valence electrons. The van der Waals surface area contributed by atoms with E-state index in [2.05, 4.69) is 20.6 Å². The molecule has 0 atom stereocenters. The van der Waals surface area contributed by atoms with E-state index in [0.29, 0.717) is 36.5 Å². The summed E-state index contributed by atoms with van der Waals surface area (Å²) >= 11 is 0. The van der Waals surface area contributed by atoms with Crippen molar-refractivity contribution in [3.05, 3.63) is 88.7 Å². The Labute approximate surface area is 205 Å². The SMILES string of the molecule is CCN(CC)C(=O)c1cc2cc(CNc3cc(NC(=O)c4ccc(C)cc4)ccc3C)cnc2[nH]1. The van der Waals surface area contributed by atoms with Gasteiger partial charge in [0.1, 0.15) is 11.3 Å². The van der Waals surface area contributed by atoms with Gasteiger partial charge in [-0.15, -0.1) is 0 Å². The van der Waals surface area contributed by atoms with Gasteiger partial charge in [0.05, 0.1) is 0 Å².